The first kappa shape index (κ1) is 23.4. The zero-order valence-corrected chi connectivity index (χ0v) is 18.5. The molecular weight excluding hydrogens is 456 g/mol. The van der Waals surface area contributed by atoms with Gasteiger partial charge in [-0.3, -0.25) is 0 Å². The summed E-state index contributed by atoms with van der Waals surface area (Å²) in [6.45, 7) is 8.52. The topological polar surface area (TPSA) is 45.7 Å². The maximum atomic E-state index is 13.3. The Kier molecular flexibility index (Phi) is 11.0. The summed E-state index contributed by atoms with van der Waals surface area (Å²) in [4.78, 5) is 4.62. The predicted molar refractivity (Wildman–Crippen MR) is 120 cm³/mol. The van der Waals surface area contributed by atoms with Gasteiger partial charge >= 0.3 is 0 Å². The SMILES string of the molecule is CCNC(=NCc1cccc(COC(C)C)c1)NCc1cccc(F)c1.I. The van der Waals surface area contributed by atoms with Crippen LogP contribution in [0.1, 0.15) is 37.5 Å². The summed E-state index contributed by atoms with van der Waals surface area (Å²) >= 11 is 0. The Hall–Kier alpha value is -1.67. The molecule has 0 spiro atoms. The van der Waals surface area contributed by atoms with Crippen LogP contribution in [-0.2, 0) is 24.4 Å². The van der Waals surface area contributed by atoms with E-state index in [0.717, 1.165) is 23.2 Å². The third-order valence-corrected chi connectivity index (χ3v) is 3.69. The summed E-state index contributed by atoms with van der Waals surface area (Å²) in [5.41, 5.74) is 3.14. The highest BCUT2D eigenvalue weighted by molar-refractivity contribution is 14.0. The minimum Gasteiger partial charge on any atom is -0.374 e. The average Bonchev–Trinajstić information content (AvgIpc) is 2.63. The van der Waals surface area contributed by atoms with Crippen LogP contribution in [0, 0.1) is 5.82 Å². The predicted octanol–water partition coefficient (Wildman–Crippen LogP) is 4.62. The zero-order valence-electron chi connectivity index (χ0n) is 16.2. The van der Waals surface area contributed by atoms with Gasteiger partial charge in [-0.15, -0.1) is 24.0 Å². The fraction of sp³-hybridized carbons (Fsp3) is 0.381. The zero-order chi connectivity index (χ0) is 18.8. The van der Waals surface area contributed by atoms with Crippen molar-refractivity contribution in [1.82, 2.24) is 10.6 Å². The van der Waals surface area contributed by atoms with Gasteiger partial charge in [0.2, 0.25) is 0 Å². The molecule has 0 atom stereocenters. The second kappa shape index (κ2) is 12.7. The summed E-state index contributed by atoms with van der Waals surface area (Å²) in [6, 6.07) is 14.8. The number of ether oxygens (including phenoxy) is 1. The van der Waals surface area contributed by atoms with Gasteiger partial charge in [-0.25, -0.2) is 9.38 Å². The first-order valence-corrected chi connectivity index (χ1v) is 9.03. The number of benzene rings is 2. The molecule has 2 N–H and O–H groups in total. The van der Waals surface area contributed by atoms with E-state index in [1.165, 1.54) is 12.1 Å². The molecule has 2 aromatic carbocycles. The number of guanidine groups is 1. The fourth-order valence-corrected chi connectivity index (χ4v) is 2.43. The van der Waals surface area contributed by atoms with Crippen LogP contribution in [-0.4, -0.2) is 18.6 Å². The Morgan fingerprint density at radius 2 is 1.74 bits per heavy atom. The largest absolute Gasteiger partial charge is 0.374 e. The third-order valence-electron chi connectivity index (χ3n) is 3.69. The quantitative estimate of drug-likeness (QED) is 0.326. The molecular formula is C21H29FIN3O. The maximum Gasteiger partial charge on any atom is 0.191 e. The van der Waals surface area contributed by atoms with E-state index in [0.29, 0.717) is 25.7 Å². The molecule has 0 aliphatic carbocycles. The van der Waals surface area contributed by atoms with Crippen molar-refractivity contribution in [3.63, 3.8) is 0 Å². The standard InChI is InChI=1S/C21H28FN3O.HI/c1-4-23-21(25-14-18-8-6-10-20(22)12-18)24-13-17-7-5-9-19(11-17)15-26-16(2)3;/h5-12,16H,4,13-15H2,1-3H3,(H2,23,24,25);1H. The number of nitrogens with one attached hydrogen (secondary N) is 2. The van der Waals surface area contributed by atoms with Gasteiger partial charge in [0.05, 0.1) is 19.3 Å². The monoisotopic (exact) mass is 485 g/mol. The van der Waals surface area contributed by atoms with Crippen LogP contribution >= 0.6 is 24.0 Å². The Morgan fingerprint density at radius 1 is 1.04 bits per heavy atom. The highest BCUT2D eigenvalue weighted by Crippen LogP contribution is 2.09. The van der Waals surface area contributed by atoms with Gasteiger partial charge in [-0.1, -0.05) is 36.4 Å². The van der Waals surface area contributed by atoms with Crippen LogP contribution in [0.5, 0.6) is 0 Å². The average molecular weight is 485 g/mol. The van der Waals surface area contributed by atoms with Gasteiger partial charge in [-0.2, -0.15) is 0 Å². The molecule has 2 rings (SSSR count). The molecule has 148 valence electrons. The van der Waals surface area contributed by atoms with E-state index in [-0.39, 0.29) is 35.9 Å². The van der Waals surface area contributed by atoms with E-state index >= 15 is 0 Å². The summed E-state index contributed by atoms with van der Waals surface area (Å²) in [7, 11) is 0. The molecule has 0 aliphatic rings. The Bertz CT molecular complexity index is 722. The van der Waals surface area contributed by atoms with Crippen LogP contribution in [0.2, 0.25) is 0 Å². The second-order valence-corrected chi connectivity index (χ2v) is 6.36. The lowest BCUT2D eigenvalue weighted by Crippen LogP contribution is -2.36. The van der Waals surface area contributed by atoms with Crippen molar-refractivity contribution >= 4 is 29.9 Å². The first-order valence-electron chi connectivity index (χ1n) is 9.03. The Labute approximate surface area is 178 Å². The van der Waals surface area contributed by atoms with Crippen molar-refractivity contribution in [2.24, 2.45) is 4.99 Å². The molecule has 0 unspecified atom stereocenters. The van der Waals surface area contributed by atoms with Gasteiger partial charge in [0.25, 0.3) is 0 Å². The minimum atomic E-state index is -0.230. The van der Waals surface area contributed by atoms with Crippen molar-refractivity contribution in [2.75, 3.05) is 6.54 Å². The van der Waals surface area contributed by atoms with E-state index < -0.39 is 0 Å². The molecule has 0 saturated carbocycles. The Balaban J connectivity index is 0.00000364. The molecule has 0 heterocycles. The van der Waals surface area contributed by atoms with E-state index in [9.17, 15) is 4.39 Å². The number of halogens is 2. The van der Waals surface area contributed by atoms with Gasteiger partial charge in [0, 0.05) is 13.1 Å². The van der Waals surface area contributed by atoms with Gasteiger partial charge < -0.3 is 15.4 Å². The lowest BCUT2D eigenvalue weighted by atomic mass is 10.1. The van der Waals surface area contributed by atoms with Gasteiger partial charge in [0.1, 0.15) is 5.82 Å². The van der Waals surface area contributed by atoms with Crippen molar-refractivity contribution in [3.8, 4) is 0 Å². The molecule has 6 heteroatoms. The van der Waals surface area contributed by atoms with Crippen molar-refractivity contribution in [2.45, 2.75) is 46.6 Å². The van der Waals surface area contributed by atoms with Gasteiger partial charge in [-0.05, 0) is 49.6 Å². The fourth-order valence-electron chi connectivity index (χ4n) is 2.43. The molecule has 0 amide bonds. The van der Waals surface area contributed by atoms with Crippen LogP contribution in [0.15, 0.2) is 53.5 Å². The smallest absolute Gasteiger partial charge is 0.191 e. The summed E-state index contributed by atoms with van der Waals surface area (Å²) in [5, 5.41) is 6.45. The summed E-state index contributed by atoms with van der Waals surface area (Å²) in [5.74, 6) is 0.479. The molecule has 0 saturated heterocycles. The van der Waals surface area contributed by atoms with E-state index in [1.54, 1.807) is 6.07 Å². The van der Waals surface area contributed by atoms with Crippen molar-refractivity contribution in [3.05, 3.63) is 71.0 Å². The Morgan fingerprint density at radius 3 is 2.44 bits per heavy atom. The van der Waals surface area contributed by atoms with Crippen LogP contribution in [0.4, 0.5) is 4.39 Å². The second-order valence-electron chi connectivity index (χ2n) is 6.36. The summed E-state index contributed by atoms with van der Waals surface area (Å²) < 4.78 is 18.9. The molecule has 0 fully saturated rings. The molecule has 4 nitrogen and oxygen atoms in total. The van der Waals surface area contributed by atoms with Crippen molar-refractivity contribution in [1.29, 1.82) is 0 Å². The van der Waals surface area contributed by atoms with Crippen LogP contribution in [0.3, 0.4) is 0 Å². The van der Waals surface area contributed by atoms with E-state index in [2.05, 4.69) is 33.8 Å². The number of hydrogen-bond donors (Lipinski definition) is 2. The number of aliphatic imine (C=N–C) groups is 1. The molecule has 2 aromatic rings. The molecule has 0 radical (unpaired) electrons. The molecule has 27 heavy (non-hydrogen) atoms. The highest BCUT2D eigenvalue weighted by atomic mass is 127. The maximum absolute atomic E-state index is 13.3. The van der Waals surface area contributed by atoms with Crippen molar-refractivity contribution < 1.29 is 9.13 Å². The van der Waals surface area contributed by atoms with Gasteiger partial charge in [0.15, 0.2) is 5.96 Å². The first-order chi connectivity index (χ1) is 12.6. The third kappa shape index (κ3) is 9.19. The number of nitrogens with zero attached hydrogens (tertiary/aromatic N) is 1. The summed E-state index contributed by atoms with van der Waals surface area (Å²) in [6.07, 6.45) is 0.212. The lowest BCUT2D eigenvalue weighted by Gasteiger charge is -2.12. The lowest BCUT2D eigenvalue weighted by molar-refractivity contribution is 0.0657. The normalized spacial score (nSPS) is 11.2. The molecule has 0 bridgehead atoms. The highest BCUT2D eigenvalue weighted by Gasteiger charge is 2.01. The van der Waals surface area contributed by atoms with Crippen LogP contribution in [0.25, 0.3) is 0 Å². The van der Waals surface area contributed by atoms with Crippen LogP contribution < -0.4 is 10.6 Å². The van der Waals surface area contributed by atoms with E-state index in [1.807, 2.05) is 32.9 Å². The number of rotatable bonds is 8. The molecule has 0 aliphatic heterocycles. The minimum absolute atomic E-state index is 0. The van der Waals surface area contributed by atoms with E-state index in [4.69, 9.17) is 4.74 Å². The molecule has 0 aromatic heterocycles. The number of hydrogen-bond acceptors (Lipinski definition) is 2.